The first kappa shape index (κ1) is 20.3. The number of ether oxygens (including phenoxy) is 2. The molecule has 1 saturated heterocycles. The summed E-state index contributed by atoms with van der Waals surface area (Å²) in [5.41, 5.74) is 0.673. The van der Waals surface area contributed by atoms with Crippen molar-refractivity contribution >= 4 is 21.9 Å². The van der Waals surface area contributed by atoms with Crippen molar-refractivity contribution in [1.29, 1.82) is 0 Å². The second-order valence-electron chi connectivity index (χ2n) is 6.28. The second kappa shape index (κ2) is 8.61. The predicted molar refractivity (Wildman–Crippen MR) is 94.3 cm³/mol. The van der Waals surface area contributed by atoms with Gasteiger partial charge in [0.2, 0.25) is 10.0 Å². The first-order chi connectivity index (χ1) is 12.2. The third-order valence-electron chi connectivity index (χ3n) is 4.09. The summed E-state index contributed by atoms with van der Waals surface area (Å²) in [7, 11) is -0.850. The van der Waals surface area contributed by atoms with Crippen LogP contribution in [0.5, 0.6) is 0 Å². The molecule has 144 valence electrons. The minimum absolute atomic E-state index is 0.00446. The molecule has 8 nitrogen and oxygen atoms in total. The average molecular weight is 384 g/mol. The Morgan fingerprint density at radius 3 is 2.69 bits per heavy atom. The van der Waals surface area contributed by atoms with E-state index in [0.717, 1.165) is 17.1 Å². The Hall–Kier alpha value is -1.97. The van der Waals surface area contributed by atoms with Crippen molar-refractivity contribution < 1.29 is 27.5 Å². The number of hydrogen-bond donors (Lipinski definition) is 1. The lowest BCUT2D eigenvalue weighted by molar-refractivity contribution is -0.124. The third-order valence-corrected chi connectivity index (χ3v) is 5.90. The lowest BCUT2D eigenvalue weighted by Gasteiger charge is -2.14. The molecule has 1 fully saturated rings. The molecule has 0 aromatic heterocycles. The van der Waals surface area contributed by atoms with Gasteiger partial charge in [-0.1, -0.05) is 6.07 Å². The third kappa shape index (κ3) is 5.03. The summed E-state index contributed by atoms with van der Waals surface area (Å²) < 4.78 is 35.9. The van der Waals surface area contributed by atoms with Gasteiger partial charge in [-0.05, 0) is 37.5 Å². The van der Waals surface area contributed by atoms with Crippen LogP contribution in [-0.4, -0.2) is 64.6 Å². The van der Waals surface area contributed by atoms with E-state index < -0.39 is 28.5 Å². The number of nitrogens with one attached hydrogen (secondary N) is 1. The highest BCUT2D eigenvalue weighted by Crippen LogP contribution is 2.19. The van der Waals surface area contributed by atoms with Gasteiger partial charge >= 0.3 is 5.97 Å². The Kier molecular flexibility index (Phi) is 6.74. The fourth-order valence-electron chi connectivity index (χ4n) is 2.49. The summed E-state index contributed by atoms with van der Waals surface area (Å²) >= 11 is 0. The number of rotatable bonds is 7. The molecule has 0 radical (unpaired) electrons. The zero-order valence-electron chi connectivity index (χ0n) is 15.1. The maximum Gasteiger partial charge on any atom is 0.338 e. The fraction of sp³-hybridized carbons (Fsp3) is 0.529. The monoisotopic (exact) mass is 384 g/mol. The minimum Gasteiger partial charge on any atom is -0.452 e. The normalized spacial score (nSPS) is 17.3. The topological polar surface area (TPSA) is 102 Å². The van der Waals surface area contributed by atoms with Crippen LogP contribution in [0.4, 0.5) is 0 Å². The van der Waals surface area contributed by atoms with Crippen LogP contribution in [0, 0.1) is 6.92 Å². The molecule has 1 heterocycles. The maximum atomic E-state index is 12.2. The number of aryl methyl sites for hydroxylation is 1. The smallest absolute Gasteiger partial charge is 0.338 e. The molecule has 1 aromatic rings. The van der Waals surface area contributed by atoms with E-state index in [0.29, 0.717) is 18.7 Å². The summed E-state index contributed by atoms with van der Waals surface area (Å²) in [5.74, 6) is -1.17. The van der Waals surface area contributed by atoms with Crippen LogP contribution in [0.25, 0.3) is 0 Å². The molecule has 1 atom stereocenters. The van der Waals surface area contributed by atoms with Gasteiger partial charge < -0.3 is 14.8 Å². The zero-order valence-corrected chi connectivity index (χ0v) is 16.0. The standard InChI is InChI=1S/C17H24N2O6S/c1-12-6-7-14(26(22,23)19(2)3)9-15(12)17(21)25-11-16(20)18-10-13-5-4-8-24-13/h6-7,9,13H,4-5,8,10-11H2,1-3H3,(H,18,20)/t13-/m1/s1. The molecule has 0 spiro atoms. The maximum absolute atomic E-state index is 12.2. The molecule has 0 unspecified atom stereocenters. The van der Waals surface area contributed by atoms with Gasteiger partial charge in [-0.2, -0.15) is 0 Å². The molecule has 2 rings (SSSR count). The molecule has 1 aliphatic heterocycles. The summed E-state index contributed by atoms with van der Waals surface area (Å²) in [5, 5.41) is 2.65. The predicted octanol–water partition coefficient (Wildman–Crippen LogP) is 0.697. The number of hydrogen-bond acceptors (Lipinski definition) is 6. The Balaban J connectivity index is 1.97. The van der Waals surface area contributed by atoms with E-state index in [-0.39, 0.29) is 16.6 Å². The van der Waals surface area contributed by atoms with Crippen molar-refractivity contribution in [3.05, 3.63) is 29.3 Å². The number of nitrogens with zero attached hydrogens (tertiary/aromatic N) is 1. The molecule has 1 amide bonds. The Morgan fingerprint density at radius 2 is 2.08 bits per heavy atom. The van der Waals surface area contributed by atoms with Gasteiger partial charge in [0.05, 0.1) is 16.6 Å². The van der Waals surface area contributed by atoms with Crippen LogP contribution < -0.4 is 5.32 Å². The van der Waals surface area contributed by atoms with Crippen LogP contribution in [0.2, 0.25) is 0 Å². The highest BCUT2D eigenvalue weighted by Gasteiger charge is 2.21. The molecule has 9 heteroatoms. The highest BCUT2D eigenvalue weighted by molar-refractivity contribution is 7.89. The lowest BCUT2D eigenvalue weighted by Crippen LogP contribution is -2.34. The average Bonchev–Trinajstić information content (AvgIpc) is 3.11. The van der Waals surface area contributed by atoms with Crippen LogP contribution in [-0.2, 0) is 24.3 Å². The number of carbonyl (C=O) groups is 2. The van der Waals surface area contributed by atoms with Crippen molar-refractivity contribution in [2.45, 2.75) is 30.8 Å². The summed E-state index contributed by atoms with van der Waals surface area (Å²) in [6.07, 6.45) is 1.87. The van der Waals surface area contributed by atoms with Crippen molar-refractivity contribution in [3.8, 4) is 0 Å². The van der Waals surface area contributed by atoms with Gasteiger partial charge in [0, 0.05) is 27.2 Å². The minimum atomic E-state index is -3.67. The number of carbonyl (C=O) groups excluding carboxylic acids is 2. The molecule has 0 aliphatic carbocycles. The van der Waals surface area contributed by atoms with E-state index in [1.165, 1.54) is 32.3 Å². The van der Waals surface area contributed by atoms with E-state index in [1.807, 2.05) is 0 Å². The van der Waals surface area contributed by atoms with E-state index >= 15 is 0 Å². The number of esters is 1. The molecular formula is C17H24N2O6S. The van der Waals surface area contributed by atoms with Crippen LogP contribution >= 0.6 is 0 Å². The van der Waals surface area contributed by atoms with Gasteiger partial charge in [-0.15, -0.1) is 0 Å². The summed E-state index contributed by atoms with van der Waals surface area (Å²) in [6, 6.07) is 4.22. The van der Waals surface area contributed by atoms with E-state index in [9.17, 15) is 18.0 Å². The number of sulfonamides is 1. The Bertz CT molecular complexity index is 769. The molecule has 1 N–H and O–H groups in total. The Morgan fingerprint density at radius 1 is 1.35 bits per heavy atom. The van der Waals surface area contributed by atoms with Gasteiger partial charge in [-0.25, -0.2) is 17.5 Å². The molecule has 0 bridgehead atoms. The molecular weight excluding hydrogens is 360 g/mol. The summed E-state index contributed by atoms with van der Waals surface area (Å²) in [6.45, 7) is 2.31. The van der Waals surface area contributed by atoms with Gasteiger partial charge in [0.15, 0.2) is 6.61 Å². The van der Waals surface area contributed by atoms with Crippen molar-refractivity contribution in [3.63, 3.8) is 0 Å². The number of amides is 1. The van der Waals surface area contributed by atoms with Gasteiger partial charge in [0.25, 0.3) is 5.91 Å². The van der Waals surface area contributed by atoms with E-state index in [1.54, 1.807) is 6.92 Å². The number of benzene rings is 1. The lowest BCUT2D eigenvalue weighted by atomic mass is 10.1. The van der Waals surface area contributed by atoms with Gasteiger partial charge in [-0.3, -0.25) is 4.79 Å². The Labute approximate surface area is 153 Å². The molecule has 1 aromatic carbocycles. The molecule has 26 heavy (non-hydrogen) atoms. The molecule has 0 saturated carbocycles. The van der Waals surface area contributed by atoms with Crippen LogP contribution in [0.15, 0.2) is 23.1 Å². The quantitative estimate of drug-likeness (QED) is 0.694. The molecule has 1 aliphatic rings. The largest absolute Gasteiger partial charge is 0.452 e. The van der Waals surface area contributed by atoms with Crippen molar-refractivity contribution in [2.24, 2.45) is 0 Å². The SMILES string of the molecule is Cc1ccc(S(=O)(=O)N(C)C)cc1C(=O)OCC(=O)NC[C@H]1CCCO1. The van der Waals surface area contributed by atoms with E-state index in [4.69, 9.17) is 9.47 Å². The van der Waals surface area contributed by atoms with Crippen molar-refractivity contribution in [2.75, 3.05) is 33.9 Å². The highest BCUT2D eigenvalue weighted by atomic mass is 32.2. The van der Waals surface area contributed by atoms with Crippen LogP contribution in [0.1, 0.15) is 28.8 Å². The second-order valence-corrected chi connectivity index (χ2v) is 8.43. The summed E-state index contributed by atoms with van der Waals surface area (Å²) in [4.78, 5) is 24.0. The zero-order chi connectivity index (χ0) is 19.3. The van der Waals surface area contributed by atoms with Crippen molar-refractivity contribution in [1.82, 2.24) is 9.62 Å². The first-order valence-electron chi connectivity index (χ1n) is 8.30. The first-order valence-corrected chi connectivity index (χ1v) is 9.74. The fourth-order valence-corrected chi connectivity index (χ4v) is 3.41. The van der Waals surface area contributed by atoms with Gasteiger partial charge in [0.1, 0.15) is 0 Å². The van der Waals surface area contributed by atoms with Crippen LogP contribution in [0.3, 0.4) is 0 Å². The van der Waals surface area contributed by atoms with E-state index in [2.05, 4.69) is 5.32 Å².